The molecule has 7 heteroatoms. The van der Waals surface area contributed by atoms with Crippen LogP contribution in [0.5, 0.6) is 17.2 Å². The van der Waals surface area contributed by atoms with Crippen molar-refractivity contribution < 1.29 is 34.0 Å². The lowest BCUT2D eigenvalue weighted by Gasteiger charge is -2.18. The van der Waals surface area contributed by atoms with Crippen LogP contribution in [-0.4, -0.2) is 50.7 Å². The van der Waals surface area contributed by atoms with Gasteiger partial charge >= 0.3 is 5.97 Å². The van der Waals surface area contributed by atoms with E-state index >= 15 is 0 Å². The van der Waals surface area contributed by atoms with Crippen molar-refractivity contribution in [3.63, 3.8) is 0 Å². The summed E-state index contributed by atoms with van der Waals surface area (Å²) in [6.45, 7) is -0.359. The molecule has 0 amide bonds. The Bertz CT molecular complexity index is 433. The van der Waals surface area contributed by atoms with E-state index in [1.54, 1.807) is 0 Å². The molecule has 20 heavy (non-hydrogen) atoms. The van der Waals surface area contributed by atoms with Gasteiger partial charge in [-0.25, -0.2) is 4.79 Å². The summed E-state index contributed by atoms with van der Waals surface area (Å²) in [5.41, 5.74) is 0.334. The molecule has 0 spiro atoms. The quantitative estimate of drug-likeness (QED) is 0.731. The first-order valence-electron chi connectivity index (χ1n) is 5.84. The normalized spacial score (nSPS) is 11.8. The first-order valence-corrected chi connectivity index (χ1v) is 5.84. The zero-order valence-corrected chi connectivity index (χ0v) is 11.6. The van der Waals surface area contributed by atoms with Crippen molar-refractivity contribution in [1.82, 2.24) is 0 Å². The van der Waals surface area contributed by atoms with Gasteiger partial charge in [0.1, 0.15) is 0 Å². The molecule has 0 saturated carbocycles. The molecule has 1 aromatic rings. The van der Waals surface area contributed by atoms with Gasteiger partial charge in [-0.3, -0.25) is 0 Å². The molecule has 1 unspecified atom stereocenters. The highest BCUT2D eigenvalue weighted by Gasteiger charge is 2.24. The second kappa shape index (κ2) is 7.56. The summed E-state index contributed by atoms with van der Waals surface area (Å²) in [6.07, 6.45) is -1.23. The number of methoxy groups -OCH3 is 3. The minimum atomic E-state index is -1.23. The molecule has 0 bridgehead atoms. The van der Waals surface area contributed by atoms with Crippen LogP contribution in [0.3, 0.4) is 0 Å². The van der Waals surface area contributed by atoms with E-state index in [-0.39, 0.29) is 13.2 Å². The van der Waals surface area contributed by atoms with Crippen molar-refractivity contribution in [3.8, 4) is 17.2 Å². The predicted octanol–water partition coefficient (Wildman–Crippen LogP) is 0.847. The molecular formula is C13H18O7. The number of aliphatic hydroxyl groups excluding tert-OH is 1. The Morgan fingerprint density at radius 3 is 2.05 bits per heavy atom. The zero-order valence-electron chi connectivity index (χ0n) is 11.6. The van der Waals surface area contributed by atoms with Crippen molar-refractivity contribution in [1.29, 1.82) is 0 Å². The number of benzene rings is 1. The average Bonchev–Trinajstić information content (AvgIpc) is 2.45. The van der Waals surface area contributed by atoms with E-state index in [1.807, 2.05) is 0 Å². The molecule has 0 heterocycles. The van der Waals surface area contributed by atoms with Crippen molar-refractivity contribution in [2.24, 2.45) is 0 Å². The van der Waals surface area contributed by atoms with Gasteiger partial charge in [0, 0.05) is 0 Å². The van der Waals surface area contributed by atoms with Gasteiger partial charge in [-0.2, -0.15) is 0 Å². The van der Waals surface area contributed by atoms with E-state index in [2.05, 4.69) is 0 Å². The molecule has 0 aliphatic heterocycles. The second-order valence-electron chi connectivity index (χ2n) is 3.77. The van der Waals surface area contributed by atoms with Gasteiger partial charge in [0.2, 0.25) is 5.75 Å². The van der Waals surface area contributed by atoms with E-state index < -0.39 is 12.1 Å². The number of hydrogen-bond donors (Lipinski definition) is 2. The van der Waals surface area contributed by atoms with Crippen molar-refractivity contribution >= 4 is 5.97 Å². The standard InChI is InChI=1S/C13H18O7/c1-17-9-6-8(7-10(18-2)12(9)19-3)11(13(15)16)20-5-4-14/h6-7,11,14H,4-5H2,1-3H3,(H,15,16). The summed E-state index contributed by atoms with van der Waals surface area (Å²) in [7, 11) is 4.33. The average molecular weight is 286 g/mol. The molecule has 112 valence electrons. The number of carbonyl (C=O) groups is 1. The molecule has 0 aliphatic carbocycles. The van der Waals surface area contributed by atoms with Crippen LogP contribution in [-0.2, 0) is 9.53 Å². The zero-order chi connectivity index (χ0) is 15.1. The van der Waals surface area contributed by atoms with Crippen LogP contribution < -0.4 is 14.2 Å². The molecular weight excluding hydrogens is 268 g/mol. The maximum atomic E-state index is 11.2. The number of hydrogen-bond acceptors (Lipinski definition) is 6. The van der Waals surface area contributed by atoms with Crippen LogP contribution in [0.1, 0.15) is 11.7 Å². The SMILES string of the molecule is COc1cc(C(OCCO)C(=O)O)cc(OC)c1OC. The Balaban J connectivity index is 3.24. The summed E-state index contributed by atoms with van der Waals surface area (Å²) >= 11 is 0. The molecule has 1 rings (SSSR count). The van der Waals surface area contributed by atoms with Crippen molar-refractivity contribution in [2.75, 3.05) is 34.5 Å². The topological polar surface area (TPSA) is 94.5 Å². The minimum Gasteiger partial charge on any atom is -0.493 e. The maximum Gasteiger partial charge on any atom is 0.337 e. The van der Waals surface area contributed by atoms with Crippen molar-refractivity contribution in [2.45, 2.75) is 6.10 Å². The third kappa shape index (κ3) is 3.52. The number of aliphatic carboxylic acids is 1. The van der Waals surface area contributed by atoms with E-state index in [0.29, 0.717) is 22.8 Å². The fourth-order valence-corrected chi connectivity index (χ4v) is 1.73. The van der Waals surface area contributed by atoms with Crippen LogP contribution in [0, 0.1) is 0 Å². The predicted molar refractivity (Wildman–Crippen MR) is 69.5 cm³/mol. The first kappa shape index (κ1) is 16.1. The largest absolute Gasteiger partial charge is 0.493 e. The van der Waals surface area contributed by atoms with Crippen LogP contribution in [0.2, 0.25) is 0 Å². The minimum absolute atomic E-state index is 0.0897. The Kier molecular flexibility index (Phi) is 6.08. The number of carboxylic acids is 1. The summed E-state index contributed by atoms with van der Waals surface area (Å²) in [4.78, 5) is 11.2. The summed E-state index contributed by atoms with van der Waals surface area (Å²) < 4.78 is 20.6. The van der Waals surface area contributed by atoms with E-state index in [1.165, 1.54) is 33.5 Å². The highest BCUT2D eigenvalue weighted by molar-refractivity contribution is 5.75. The molecule has 1 atom stereocenters. The van der Waals surface area contributed by atoms with Crippen LogP contribution >= 0.6 is 0 Å². The monoisotopic (exact) mass is 286 g/mol. The third-order valence-corrected chi connectivity index (χ3v) is 2.59. The molecule has 0 fully saturated rings. The van der Waals surface area contributed by atoms with E-state index in [0.717, 1.165) is 0 Å². The van der Waals surface area contributed by atoms with E-state index in [4.69, 9.17) is 24.1 Å². The highest BCUT2D eigenvalue weighted by atomic mass is 16.5. The third-order valence-electron chi connectivity index (χ3n) is 2.59. The summed E-state index contributed by atoms with van der Waals surface area (Å²) in [5, 5.41) is 17.9. The number of ether oxygens (including phenoxy) is 4. The molecule has 0 aromatic heterocycles. The van der Waals surface area contributed by atoms with Gasteiger partial charge in [0.25, 0.3) is 0 Å². The van der Waals surface area contributed by atoms with Crippen LogP contribution in [0.15, 0.2) is 12.1 Å². The molecule has 0 saturated heterocycles. The Morgan fingerprint density at radius 1 is 1.15 bits per heavy atom. The summed E-state index contributed by atoms with van der Waals surface area (Å²) in [5.74, 6) is -0.140. The molecule has 0 aliphatic rings. The molecule has 7 nitrogen and oxygen atoms in total. The van der Waals surface area contributed by atoms with E-state index in [9.17, 15) is 9.90 Å². The van der Waals surface area contributed by atoms with Crippen molar-refractivity contribution in [3.05, 3.63) is 17.7 Å². The smallest absolute Gasteiger partial charge is 0.337 e. The molecule has 1 aromatic carbocycles. The first-order chi connectivity index (χ1) is 9.58. The van der Waals surface area contributed by atoms with Crippen LogP contribution in [0.25, 0.3) is 0 Å². The number of aliphatic hydroxyl groups is 1. The Labute approximate surface area is 116 Å². The van der Waals surface area contributed by atoms with Gasteiger partial charge < -0.3 is 29.2 Å². The number of rotatable bonds is 8. The lowest BCUT2D eigenvalue weighted by atomic mass is 10.1. The molecule has 0 radical (unpaired) electrons. The van der Waals surface area contributed by atoms with Gasteiger partial charge in [-0.1, -0.05) is 0 Å². The summed E-state index contributed by atoms with van der Waals surface area (Å²) in [6, 6.07) is 3.00. The number of carboxylic acid groups (broad SMARTS) is 1. The second-order valence-corrected chi connectivity index (χ2v) is 3.77. The Morgan fingerprint density at radius 2 is 1.70 bits per heavy atom. The Hall–Kier alpha value is -1.99. The highest BCUT2D eigenvalue weighted by Crippen LogP contribution is 2.40. The lowest BCUT2D eigenvalue weighted by molar-refractivity contribution is -0.151. The fourth-order valence-electron chi connectivity index (χ4n) is 1.73. The van der Waals surface area contributed by atoms with Gasteiger partial charge in [-0.15, -0.1) is 0 Å². The lowest BCUT2D eigenvalue weighted by Crippen LogP contribution is -2.17. The maximum absolute atomic E-state index is 11.2. The van der Waals surface area contributed by atoms with Crippen LogP contribution in [0.4, 0.5) is 0 Å². The van der Waals surface area contributed by atoms with Gasteiger partial charge in [0.15, 0.2) is 17.6 Å². The van der Waals surface area contributed by atoms with Gasteiger partial charge in [-0.05, 0) is 17.7 Å². The van der Waals surface area contributed by atoms with Gasteiger partial charge in [0.05, 0.1) is 34.5 Å². The fraction of sp³-hybridized carbons (Fsp3) is 0.462. The molecule has 2 N–H and O–H groups in total.